The first kappa shape index (κ1) is 20.4. The minimum Gasteiger partial charge on any atom is -0.486 e. The number of carboxylic acid groups (broad SMARTS) is 1. The quantitative estimate of drug-likeness (QED) is 0.457. The highest BCUT2D eigenvalue weighted by atomic mass is 79.9. The van der Waals surface area contributed by atoms with E-state index in [0.29, 0.717) is 36.5 Å². The molecule has 2 aromatic rings. The maximum absolute atomic E-state index is 14.8. The standard InChI is InChI=1S/C19H17Br2ClFNO3/c20-14-4-10(6-17(25)26)5-15(21)19(14)27-9-11-7-12(22)8-16(18(11)23)24-13-2-1-3-13/h4-5,7-8,13,24H,1-3,6,9H2,(H,25,26). The van der Waals surface area contributed by atoms with Crippen LogP contribution < -0.4 is 10.1 Å². The van der Waals surface area contributed by atoms with E-state index < -0.39 is 5.97 Å². The molecule has 4 nitrogen and oxygen atoms in total. The summed E-state index contributed by atoms with van der Waals surface area (Å²) in [5.41, 5.74) is 1.35. The molecule has 0 bridgehead atoms. The van der Waals surface area contributed by atoms with Gasteiger partial charge in [-0.15, -0.1) is 0 Å². The Kier molecular flexibility index (Phi) is 6.65. The van der Waals surface area contributed by atoms with Crippen molar-refractivity contribution in [2.24, 2.45) is 0 Å². The molecule has 27 heavy (non-hydrogen) atoms. The van der Waals surface area contributed by atoms with Gasteiger partial charge < -0.3 is 15.2 Å². The lowest BCUT2D eigenvalue weighted by molar-refractivity contribution is -0.136. The number of aliphatic carboxylic acids is 1. The van der Waals surface area contributed by atoms with Gasteiger partial charge in [-0.3, -0.25) is 4.79 Å². The minimum absolute atomic E-state index is 0.0127. The number of rotatable bonds is 7. The van der Waals surface area contributed by atoms with E-state index in [4.69, 9.17) is 21.4 Å². The Balaban J connectivity index is 1.77. The molecule has 1 aliphatic rings. The van der Waals surface area contributed by atoms with Gasteiger partial charge in [0.25, 0.3) is 0 Å². The topological polar surface area (TPSA) is 58.6 Å². The van der Waals surface area contributed by atoms with Crippen LogP contribution in [-0.2, 0) is 17.8 Å². The van der Waals surface area contributed by atoms with Gasteiger partial charge in [0.05, 0.1) is 21.1 Å². The molecule has 1 fully saturated rings. The summed E-state index contributed by atoms with van der Waals surface area (Å²) < 4.78 is 21.7. The fourth-order valence-corrected chi connectivity index (χ4v) is 4.56. The van der Waals surface area contributed by atoms with Crippen LogP contribution in [0.25, 0.3) is 0 Å². The van der Waals surface area contributed by atoms with E-state index in [1.54, 1.807) is 24.3 Å². The third kappa shape index (κ3) is 5.15. The van der Waals surface area contributed by atoms with Crippen LogP contribution in [0.3, 0.4) is 0 Å². The van der Waals surface area contributed by atoms with E-state index in [9.17, 15) is 9.18 Å². The molecule has 0 aliphatic heterocycles. The molecule has 0 spiro atoms. The average Bonchev–Trinajstić information content (AvgIpc) is 2.53. The number of carboxylic acids is 1. The summed E-state index contributed by atoms with van der Waals surface area (Å²) in [6.45, 7) is -0.0127. The van der Waals surface area contributed by atoms with Crippen molar-refractivity contribution < 1.29 is 19.0 Å². The van der Waals surface area contributed by atoms with E-state index in [0.717, 1.165) is 19.3 Å². The Morgan fingerprint density at radius 2 is 1.93 bits per heavy atom. The fraction of sp³-hybridized carbons (Fsp3) is 0.316. The van der Waals surface area contributed by atoms with Crippen molar-refractivity contribution in [2.45, 2.75) is 38.3 Å². The second-order valence-electron chi connectivity index (χ2n) is 6.45. The van der Waals surface area contributed by atoms with Gasteiger partial charge in [0.1, 0.15) is 12.4 Å². The summed E-state index contributed by atoms with van der Waals surface area (Å²) >= 11 is 12.9. The summed E-state index contributed by atoms with van der Waals surface area (Å²) in [4.78, 5) is 10.9. The van der Waals surface area contributed by atoms with Crippen LogP contribution in [0.4, 0.5) is 10.1 Å². The van der Waals surface area contributed by atoms with Crippen molar-refractivity contribution in [1.82, 2.24) is 0 Å². The maximum atomic E-state index is 14.8. The summed E-state index contributed by atoms with van der Waals surface area (Å²) in [6.07, 6.45) is 3.10. The number of hydrogen-bond acceptors (Lipinski definition) is 3. The predicted molar refractivity (Wildman–Crippen MR) is 110 cm³/mol. The van der Waals surface area contributed by atoms with Gasteiger partial charge in [-0.2, -0.15) is 0 Å². The van der Waals surface area contributed by atoms with Gasteiger partial charge in [-0.25, -0.2) is 4.39 Å². The van der Waals surface area contributed by atoms with Crippen molar-refractivity contribution in [1.29, 1.82) is 0 Å². The van der Waals surface area contributed by atoms with Crippen LogP contribution in [0, 0.1) is 5.82 Å². The second-order valence-corrected chi connectivity index (χ2v) is 8.59. The van der Waals surface area contributed by atoms with Crippen molar-refractivity contribution in [3.05, 3.63) is 55.2 Å². The van der Waals surface area contributed by atoms with Crippen LogP contribution in [0.15, 0.2) is 33.2 Å². The second kappa shape index (κ2) is 8.80. The monoisotopic (exact) mass is 519 g/mol. The molecule has 144 valence electrons. The van der Waals surface area contributed by atoms with Crippen LogP contribution in [0.1, 0.15) is 30.4 Å². The van der Waals surface area contributed by atoms with Gasteiger partial charge >= 0.3 is 5.97 Å². The lowest BCUT2D eigenvalue weighted by atomic mass is 9.93. The number of halogens is 4. The Labute approximate surface area is 178 Å². The number of anilines is 1. The molecule has 0 saturated heterocycles. The first-order chi connectivity index (χ1) is 12.8. The number of ether oxygens (including phenoxy) is 1. The summed E-state index contributed by atoms with van der Waals surface area (Å²) in [6, 6.07) is 6.77. The van der Waals surface area contributed by atoms with Gasteiger partial charge in [-0.1, -0.05) is 11.6 Å². The average molecular weight is 522 g/mol. The summed E-state index contributed by atoms with van der Waals surface area (Å²) in [5, 5.41) is 12.5. The van der Waals surface area contributed by atoms with Crippen LogP contribution in [0.2, 0.25) is 5.02 Å². The lowest BCUT2D eigenvalue weighted by Gasteiger charge is -2.28. The number of carbonyl (C=O) groups is 1. The Morgan fingerprint density at radius 3 is 2.48 bits per heavy atom. The first-order valence-electron chi connectivity index (χ1n) is 8.40. The Hall–Kier alpha value is -1.31. The molecule has 0 atom stereocenters. The molecule has 8 heteroatoms. The molecule has 2 N–H and O–H groups in total. The van der Waals surface area contributed by atoms with E-state index >= 15 is 0 Å². The molecule has 0 radical (unpaired) electrons. The number of hydrogen-bond donors (Lipinski definition) is 2. The Morgan fingerprint density at radius 1 is 1.26 bits per heavy atom. The molecule has 3 rings (SSSR count). The fourth-order valence-electron chi connectivity index (χ4n) is 2.81. The zero-order chi connectivity index (χ0) is 19.6. The number of nitrogens with one attached hydrogen (secondary N) is 1. The summed E-state index contributed by atoms with van der Waals surface area (Å²) in [5.74, 6) is -0.826. The molecule has 2 aromatic carbocycles. The highest BCUT2D eigenvalue weighted by Gasteiger charge is 2.20. The van der Waals surface area contributed by atoms with Crippen molar-refractivity contribution in [3.8, 4) is 5.75 Å². The zero-order valence-electron chi connectivity index (χ0n) is 14.2. The van der Waals surface area contributed by atoms with Gasteiger partial charge in [-0.05, 0) is 81.0 Å². The van der Waals surface area contributed by atoms with E-state index in [2.05, 4.69) is 37.2 Å². The third-order valence-corrected chi connectivity index (χ3v) is 5.76. The highest BCUT2D eigenvalue weighted by molar-refractivity contribution is 9.11. The Bertz CT molecular complexity index is 851. The molecule has 0 amide bonds. The maximum Gasteiger partial charge on any atom is 0.307 e. The third-order valence-electron chi connectivity index (χ3n) is 4.36. The zero-order valence-corrected chi connectivity index (χ0v) is 18.1. The largest absolute Gasteiger partial charge is 0.486 e. The summed E-state index contributed by atoms with van der Waals surface area (Å²) in [7, 11) is 0. The SMILES string of the molecule is O=C(O)Cc1cc(Br)c(OCc2cc(Cl)cc(NC3CCC3)c2F)c(Br)c1. The predicted octanol–water partition coefficient (Wildman–Crippen LogP) is 6.17. The van der Waals surface area contributed by atoms with Crippen molar-refractivity contribution in [3.63, 3.8) is 0 Å². The molecule has 0 unspecified atom stereocenters. The molecule has 1 aliphatic carbocycles. The van der Waals surface area contributed by atoms with E-state index in [-0.39, 0.29) is 24.9 Å². The molecule has 0 heterocycles. The van der Waals surface area contributed by atoms with Crippen LogP contribution >= 0.6 is 43.5 Å². The molecular weight excluding hydrogens is 504 g/mol. The molecular formula is C19H17Br2ClFNO3. The number of benzene rings is 2. The lowest BCUT2D eigenvalue weighted by Crippen LogP contribution is -2.27. The van der Waals surface area contributed by atoms with Crippen molar-refractivity contribution >= 4 is 55.1 Å². The highest BCUT2D eigenvalue weighted by Crippen LogP contribution is 2.36. The first-order valence-corrected chi connectivity index (χ1v) is 10.4. The minimum atomic E-state index is -0.921. The van der Waals surface area contributed by atoms with E-state index in [1.807, 2.05) is 0 Å². The smallest absolute Gasteiger partial charge is 0.307 e. The van der Waals surface area contributed by atoms with Crippen LogP contribution in [-0.4, -0.2) is 17.1 Å². The molecule has 1 saturated carbocycles. The van der Waals surface area contributed by atoms with Crippen molar-refractivity contribution in [2.75, 3.05) is 5.32 Å². The molecule has 0 aromatic heterocycles. The van der Waals surface area contributed by atoms with Gasteiger partial charge in [0, 0.05) is 16.6 Å². The van der Waals surface area contributed by atoms with Gasteiger partial charge in [0.15, 0.2) is 5.82 Å². The van der Waals surface area contributed by atoms with E-state index in [1.165, 1.54) is 0 Å². The normalized spacial score (nSPS) is 13.9. The van der Waals surface area contributed by atoms with Gasteiger partial charge in [0.2, 0.25) is 0 Å². The van der Waals surface area contributed by atoms with Crippen LogP contribution in [0.5, 0.6) is 5.75 Å².